The molecule has 0 spiro atoms. The predicted molar refractivity (Wildman–Crippen MR) is 67.9 cm³/mol. The fraction of sp³-hybridized carbons (Fsp3) is 0. The van der Waals surface area contributed by atoms with Gasteiger partial charge in [-0.25, -0.2) is 4.98 Å². The van der Waals surface area contributed by atoms with E-state index in [4.69, 9.17) is 11.6 Å². The Labute approximate surface area is 102 Å². The Kier molecular flexibility index (Phi) is 2.35. The highest BCUT2D eigenvalue weighted by Gasteiger charge is 2.07. The van der Waals surface area contributed by atoms with Crippen molar-refractivity contribution in [3.05, 3.63) is 47.2 Å². The fourth-order valence-corrected chi connectivity index (χ4v) is 2.64. The number of pyridine rings is 1. The smallest absolute Gasteiger partial charge is 0.140 e. The van der Waals surface area contributed by atoms with Gasteiger partial charge in [0.1, 0.15) is 10.2 Å². The highest BCUT2D eigenvalue weighted by atomic mass is 35.5. The molecule has 0 saturated heterocycles. The Hall–Kier alpha value is -1.45. The Balaban J connectivity index is 2.31. The fourth-order valence-electron chi connectivity index (χ4n) is 1.66. The van der Waals surface area contributed by atoms with Crippen LogP contribution < -0.4 is 0 Å². The summed E-state index contributed by atoms with van der Waals surface area (Å²) in [6.45, 7) is 0. The Morgan fingerprint density at radius 1 is 1.12 bits per heavy atom. The molecule has 78 valence electrons. The first-order valence-electron chi connectivity index (χ1n) is 4.79. The number of thiazole rings is 1. The molecular weight excluding hydrogens is 240 g/mol. The number of aromatic nitrogens is 2. The van der Waals surface area contributed by atoms with E-state index in [1.165, 1.54) is 11.3 Å². The molecule has 2 aromatic heterocycles. The summed E-state index contributed by atoms with van der Waals surface area (Å²) in [5.41, 5.74) is 1.04. The maximum Gasteiger partial charge on any atom is 0.140 e. The van der Waals surface area contributed by atoms with E-state index < -0.39 is 0 Å². The van der Waals surface area contributed by atoms with Crippen LogP contribution in [-0.4, -0.2) is 9.97 Å². The van der Waals surface area contributed by atoms with Gasteiger partial charge in [0.25, 0.3) is 0 Å². The molecule has 0 N–H and O–H groups in total. The van der Waals surface area contributed by atoms with Gasteiger partial charge in [-0.1, -0.05) is 35.9 Å². The molecule has 0 saturated carbocycles. The van der Waals surface area contributed by atoms with Crippen LogP contribution in [0.15, 0.2) is 42.0 Å². The molecule has 0 amide bonds. The van der Waals surface area contributed by atoms with Crippen LogP contribution >= 0.6 is 22.9 Å². The van der Waals surface area contributed by atoms with Crippen molar-refractivity contribution in [3.8, 4) is 10.6 Å². The monoisotopic (exact) mass is 246 g/mol. The Bertz CT molecular complexity index is 643. The lowest BCUT2D eigenvalue weighted by Gasteiger charge is -2.01. The first-order chi connectivity index (χ1) is 7.84. The second-order valence-electron chi connectivity index (χ2n) is 3.38. The molecule has 0 aliphatic heterocycles. The van der Waals surface area contributed by atoms with Gasteiger partial charge in [0.2, 0.25) is 0 Å². The lowest BCUT2D eigenvalue weighted by atomic mass is 10.1. The molecule has 2 heterocycles. The quantitative estimate of drug-likeness (QED) is 0.648. The SMILES string of the molecule is Clc1csc(-c2cncc3ccccc23)n1. The van der Waals surface area contributed by atoms with Crippen LogP contribution in [0.5, 0.6) is 0 Å². The van der Waals surface area contributed by atoms with E-state index in [2.05, 4.69) is 16.0 Å². The third-order valence-electron chi connectivity index (χ3n) is 2.37. The molecule has 16 heavy (non-hydrogen) atoms. The molecule has 1 aromatic carbocycles. The van der Waals surface area contributed by atoms with Crippen molar-refractivity contribution in [2.45, 2.75) is 0 Å². The number of hydrogen-bond donors (Lipinski definition) is 0. The normalized spacial score (nSPS) is 10.8. The topological polar surface area (TPSA) is 25.8 Å². The zero-order valence-electron chi connectivity index (χ0n) is 8.22. The molecular formula is C12H7ClN2S. The highest BCUT2D eigenvalue weighted by molar-refractivity contribution is 7.13. The molecule has 0 aliphatic rings. The first-order valence-corrected chi connectivity index (χ1v) is 6.04. The second kappa shape index (κ2) is 3.85. The predicted octanol–water partition coefficient (Wildman–Crippen LogP) is 4.01. The van der Waals surface area contributed by atoms with E-state index in [0.29, 0.717) is 5.15 Å². The summed E-state index contributed by atoms with van der Waals surface area (Å²) < 4.78 is 0. The molecule has 4 heteroatoms. The zero-order chi connectivity index (χ0) is 11.0. The van der Waals surface area contributed by atoms with Gasteiger partial charge in [0.05, 0.1) is 0 Å². The number of benzene rings is 1. The maximum absolute atomic E-state index is 5.84. The summed E-state index contributed by atoms with van der Waals surface area (Å²) in [7, 11) is 0. The van der Waals surface area contributed by atoms with Crippen molar-refractivity contribution >= 4 is 33.7 Å². The summed E-state index contributed by atoms with van der Waals surface area (Å²) in [5, 5.41) is 5.55. The Morgan fingerprint density at radius 3 is 2.81 bits per heavy atom. The van der Waals surface area contributed by atoms with Gasteiger partial charge in [-0.15, -0.1) is 11.3 Å². The zero-order valence-corrected chi connectivity index (χ0v) is 9.79. The molecule has 0 fully saturated rings. The van der Waals surface area contributed by atoms with Gasteiger partial charge < -0.3 is 0 Å². The van der Waals surface area contributed by atoms with Crippen LogP contribution in [0.2, 0.25) is 5.15 Å². The minimum absolute atomic E-state index is 0.535. The van der Waals surface area contributed by atoms with E-state index in [-0.39, 0.29) is 0 Å². The van der Waals surface area contributed by atoms with Crippen molar-refractivity contribution < 1.29 is 0 Å². The van der Waals surface area contributed by atoms with E-state index in [1.54, 1.807) is 0 Å². The van der Waals surface area contributed by atoms with Gasteiger partial charge in [-0.05, 0) is 5.39 Å². The molecule has 3 aromatic rings. The lowest BCUT2D eigenvalue weighted by Crippen LogP contribution is -1.82. The Morgan fingerprint density at radius 2 is 2.00 bits per heavy atom. The number of hydrogen-bond acceptors (Lipinski definition) is 3. The summed E-state index contributed by atoms with van der Waals surface area (Å²) in [6.07, 6.45) is 3.69. The molecule has 0 atom stereocenters. The summed E-state index contributed by atoms with van der Waals surface area (Å²) in [5.74, 6) is 0. The van der Waals surface area contributed by atoms with Gasteiger partial charge in [-0.3, -0.25) is 4.98 Å². The molecule has 0 bridgehead atoms. The molecule has 3 rings (SSSR count). The third kappa shape index (κ3) is 1.58. The van der Waals surface area contributed by atoms with Crippen molar-refractivity contribution in [1.29, 1.82) is 0 Å². The average Bonchev–Trinajstić information content (AvgIpc) is 2.75. The van der Waals surface area contributed by atoms with Gasteiger partial charge in [0.15, 0.2) is 0 Å². The average molecular weight is 247 g/mol. The first kappa shape index (κ1) is 9.75. The minimum atomic E-state index is 0.535. The molecule has 0 unspecified atom stereocenters. The largest absolute Gasteiger partial charge is 0.263 e. The standard InChI is InChI=1S/C12H7ClN2S/c13-11-7-16-12(15-11)10-6-14-5-8-3-1-2-4-9(8)10/h1-7H. The van der Waals surface area contributed by atoms with Crippen LogP contribution in [0.1, 0.15) is 0 Å². The summed E-state index contributed by atoms with van der Waals surface area (Å²) in [6, 6.07) is 8.13. The summed E-state index contributed by atoms with van der Waals surface area (Å²) >= 11 is 7.37. The molecule has 0 aliphatic carbocycles. The van der Waals surface area contributed by atoms with Gasteiger partial charge in [0, 0.05) is 28.7 Å². The highest BCUT2D eigenvalue weighted by Crippen LogP contribution is 2.30. The minimum Gasteiger partial charge on any atom is -0.263 e. The van der Waals surface area contributed by atoms with Crippen molar-refractivity contribution in [2.75, 3.05) is 0 Å². The van der Waals surface area contributed by atoms with Crippen LogP contribution in [-0.2, 0) is 0 Å². The lowest BCUT2D eigenvalue weighted by molar-refractivity contribution is 1.34. The van der Waals surface area contributed by atoms with Crippen LogP contribution in [0.25, 0.3) is 21.3 Å². The number of halogens is 1. The van der Waals surface area contributed by atoms with Crippen LogP contribution in [0, 0.1) is 0 Å². The van der Waals surface area contributed by atoms with E-state index >= 15 is 0 Å². The number of nitrogens with zero attached hydrogens (tertiary/aromatic N) is 2. The van der Waals surface area contributed by atoms with E-state index in [9.17, 15) is 0 Å². The van der Waals surface area contributed by atoms with Gasteiger partial charge in [-0.2, -0.15) is 0 Å². The maximum atomic E-state index is 5.84. The number of fused-ring (bicyclic) bond motifs is 1. The van der Waals surface area contributed by atoms with Crippen molar-refractivity contribution in [1.82, 2.24) is 9.97 Å². The van der Waals surface area contributed by atoms with Crippen molar-refractivity contribution in [3.63, 3.8) is 0 Å². The number of rotatable bonds is 1. The molecule has 0 radical (unpaired) electrons. The third-order valence-corrected chi connectivity index (χ3v) is 3.57. The van der Waals surface area contributed by atoms with E-state index in [0.717, 1.165) is 21.3 Å². The van der Waals surface area contributed by atoms with Crippen molar-refractivity contribution in [2.24, 2.45) is 0 Å². The van der Waals surface area contributed by atoms with Crippen LogP contribution in [0.4, 0.5) is 0 Å². The van der Waals surface area contributed by atoms with Gasteiger partial charge >= 0.3 is 0 Å². The summed E-state index contributed by atoms with van der Waals surface area (Å²) in [4.78, 5) is 8.50. The molecule has 2 nitrogen and oxygen atoms in total. The van der Waals surface area contributed by atoms with Crippen LogP contribution in [0.3, 0.4) is 0 Å². The second-order valence-corrected chi connectivity index (χ2v) is 4.63. The van der Waals surface area contributed by atoms with E-state index in [1.807, 2.05) is 36.0 Å².